The van der Waals surface area contributed by atoms with E-state index in [2.05, 4.69) is 19.0 Å². The normalized spacial score (nSPS) is 12.4. The van der Waals surface area contributed by atoms with E-state index >= 15 is 0 Å². The fourth-order valence-corrected chi connectivity index (χ4v) is 2.09. The number of aliphatic hydroxyl groups is 1. The Hall–Kier alpha value is -1.01. The summed E-state index contributed by atoms with van der Waals surface area (Å²) in [5.41, 5.74) is 0. The average molecular weight is 302 g/mol. The Morgan fingerprint density at radius 2 is 2.05 bits per heavy atom. The van der Waals surface area contributed by atoms with E-state index in [4.69, 9.17) is 9.84 Å². The number of nitroso groups, excluding NO2 is 1. The van der Waals surface area contributed by atoms with Gasteiger partial charge in [-0.2, -0.15) is 4.91 Å². The first kappa shape index (κ1) is 20.0. The first-order chi connectivity index (χ1) is 10.2. The first-order valence-electron chi connectivity index (χ1n) is 7.95. The van der Waals surface area contributed by atoms with Gasteiger partial charge in [-0.1, -0.05) is 38.3 Å². The second-order valence-electron chi connectivity index (χ2n) is 5.27. The van der Waals surface area contributed by atoms with Gasteiger partial charge in [0, 0.05) is 19.6 Å². The smallest absolute Gasteiger partial charge is 0.307 e. The van der Waals surface area contributed by atoms with Gasteiger partial charge in [0.15, 0.2) is 0 Å². The highest BCUT2D eigenvalue weighted by Gasteiger charge is 2.12. The maximum absolute atomic E-state index is 11.7. The van der Waals surface area contributed by atoms with E-state index in [0.29, 0.717) is 32.2 Å². The summed E-state index contributed by atoms with van der Waals surface area (Å²) in [6.45, 7) is 6.33. The highest BCUT2D eigenvalue weighted by Crippen LogP contribution is 2.13. The maximum Gasteiger partial charge on any atom is 0.307 e. The summed E-state index contributed by atoms with van der Waals surface area (Å²) in [5.74, 6) is 0.230. The molecule has 0 radical (unpaired) electrons. The molecule has 0 aromatic heterocycles. The predicted molar refractivity (Wildman–Crippen MR) is 83.1 cm³/mol. The van der Waals surface area contributed by atoms with Crippen LogP contribution < -0.4 is 0 Å². The van der Waals surface area contributed by atoms with Crippen molar-refractivity contribution in [3.63, 3.8) is 0 Å². The van der Waals surface area contributed by atoms with Crippen molar-refractivity contribution < 1.29 is 14.6 Å². The van der Waals surface area contributed by atoms with Gasteiger partial charge in [-0.05, 0) is 12.3 Å². The zero-order valence-electron chi connectivity index (χ0n) is 13.4. The molecular formula is C15H30N2O4. The topological polar surface area (TPSA) is 79.2 Å². The molecule has 124 valence electrons. The standard InChI is InChI=1S/C15H30N2O4/c1-3-5-6-14(4-2)13-21-15(19)7-9-17(11-12-18)10-8-16-20/h14,18H,3-13H2,1-2H3. The largest absolute Gasteiger partial charge is 0.465 e. The molecule has 6 heteroatoms. The van der Waals surface area contributed by atoms with Gasteiger partial charge in [0.2, 0.25) is 0 Å². The number of carbonyl (C=O) groups excluding carboxylic acids is 1. The van der Waals surface area contributed by atoms with Gasteiger partial charge < -0.3 is 9.84 Å². The molecule has 0 aliphatic carbocycles. The molecule has 0 fully saturated rings. The molecule has 6 nitrogen and oxygen atoms in total. The minimum absolute atomic E-state index is 0.00281. The van der Waals surface area contributed by atoms with Gasteiger partial charge in [0.25, 0.3) is 0 Å². The lowest BCUT2D eigenvalue weighted by molar-refractivity contribution is -0.145. The number of carbonyl (C=O) groups is 1. The third kappa shape index (κ3) is 11.3. The SMILES string of the molecule is CCCCC(CC)COC(=O)CCN(CCO)CCN=O. The molecule has 1 unspecified atom stereocenters. The lowest BCUT2D eigenvalue weighted by Crippen LogP contribution is -2.32. The molecule has 1 atom stereocenters. The van der Waals surface area contributed by atoms with Gasteiger partial charge in [-0.3, -0.25) is 9.69 Å². The van der Waals surface area contributed by atoms with Crippen LogP contribution in [-0.4, -0.2) is 55.4 Å². The number of hydrogen-bond acceptors (Lipinski definition) is 6. The van der Waals surface area contributed by atoms with E-state index in [1.165, 1.54) is 6.42 Å². The fourth-order valence-electron chi connectivity index (χ4n) is 2.09. The van der Waals surface area contributed by atoms with Gasteiger partial charge in [-0.25, -0.2) is 0 Å². The van der Waals surface area contributed by atoms with Crippen molar-refractivity contribution in [3.05, 3.63) is 4.91 Å². The predicted octanol–water partition coefficient (Wildman–Crippen LogP) is 2.20. The number of nitrogens with zero attached hydrogens (tertiary/aromatic N) is 2. The first-order valence-corrected chi connectivity index (χ1v) is 7.95. The quantitative estimate of drug-likeness (QED) is 0.393. The molecule has 0 saturated heterocycles. The number of unbranched alkanes of at least 4 members (excludes halogenated alkanes) is 1. The molecule has 0 aliphatic heterocycles. The van der Waals surface area contributed by atoms with E-state index < -0.39 is 0 Å². The second kappa shape index (κ2) is 13.9. The average Bonchev–Trinajstić information content (AvgIpc) is 2.50. The number of aliphatic hydroxyl groups excluding tert-OH is 1. The molecule has 0 rings (SSSR count). The lowest BCUT2D eigenvalue weighted by Gasteiger charge is -2.19. The minimum Gasteiger partial charge on any atom is -0.465 e. The third-order valence-electron chi connectivity index (χ3n) is 3.58. The van der Waals surface area contributed by atoms with Crippen molar-refractivity contribution in [2.75, 3.05) is 39.4 Å². The Morgan fingerprint density at radius 3 is 2.62 bits per heavy atom. The van der Waals surface area contributed by atoms with Crippen molar-refractivity contribution in [1.82, 2.24) is 4.90 Å². The van der Waals surface area contributed by atoms with Gasteiger partial charge >= 0.3 is 5.97 Å². The maximum atomic E-state index is 11.7. The van der Waals surface area contributed by atoms with Crippen LogP contribution >= 0.6 is 0 Å². The van der Waals surface area contributed by atoms with Crippen molar-refractivity contribution in [1.29, 1.82) is 0 Å². The summed E-state index contributed by atoms with van der Waals surface area (Å²) in [6, 6.07) is 0. The van der Waals surface area contributed by atoms with Gasteiger partial charge in [0.05, 0.1) is 26.2 Å². The van der Waals surface area contributed by atoms with Crippen LogP contribution in [0.5, 0.6) is 0 Å². The van der Waals surface area contributed by atoms with E-state index in [1.54, 1.807) is 0 Å². The molecule has 0 aromatic rings. The molecule has 21 heavy (non-hydrogen) atoms. The summed E-state index contributed by atoms with van der Waals surface area (Å²) in [6.07, 6.45) is 4.73. The van der Waals surface area contributed by atoms with Crippen LogP contribution in [0.15, 0.2) is 5.18 Å². The molecule has 0 amide bonds. The molecule has 0 spiro atoms. The monoisotopic (exact) mass is 302 g/mol. The molecule has 0 aliphatic rings. The van der Waals surface area contributed by atoms with Crippen LogP contribution in [0.1, 0.15) is 46.0 Å². The lowest BCUT2D eigenvalue weighted by atomic mass is 10.0. The second-order valence-corrected chi connectivity index (χ2v) is 5.27. The minimum atomic E-state index is -0.216. The Bertz CT molecular complexity index is 274. The Kier molecular flexibility index (Phi) is 13.3. The zero-order chi connectivity index (χ0) is 15.9. The molecule has 0 saturated carbocycles. The van der Waals surface area contributed by atoms with E-state index in [1.807, 2.05) is 4.90 Å². The summed E-state index contributed by atoms with van der Waals surface area (Å²) in [5, 5.41) is 11.7. The molecule has 1 N–H and O–H groups in total. The van der Waals surface area contributed by atoms with Crippen LogP contribution in [-0.2, 0) is 9.53 Å². The number of hydrogen-bond donors (Lipinski definition) is 1. The van der Waals surface area contributed by atoms with E-state index in [0.717, 1.165) is 19.3 Å². The van der Waals surface area contributed by atoms with Gasteiger partial charge in [-0.15, -0.1) is 0 Å². The van der Waals surface area contributed by atoms with Crippen LogP contribution in [0.3, 0.4) is 0 Å². The Labute approximate surface area is 127 Å². The number of ether oxygens (including phenoxy) is 1. The van der Waals surface area contributed by atoms with E-state index in [-0.39, 0.29) is 25.5 Å². The fraction of sp³-hybridized carbons (Fsp3) is 0.933. The highest BCUT2D eigenvalue weighted by atomic mass is 16.5. The zero-order valence-corrected chi connectivity index (χ0v) is 13.4. The van der Waals surface area contributed by atoms with Crippen molar-refractivity contribution >= 4 is 5.97 Å². The van der Waals surface area contributed by atoms with E-state index in [9.17, 15) is 9.70 Å². The van der Waals surface area contributed by atoms with Gasteiger partial charge in [0.1, 0.15) is 0 Å². The van der Waals surface area contributed by atoms with Crippen LogP contribution in [0, 0.1) is 10.8 Å². The molecule has 0 aromatic carbocycles. The van der Waals surface area contributed by atoms with Crippen molar-refractivity contribution in [2.24, 2.45) is 11.1 Å². The summed E-state index contributed by atoms with van der Waals surface area (Å²) in [4.78, 5) is 23.7. The van der Waals surface area contributed by atoms with Crippen LogP contribution in [0.2, 0.25) is 0 Å². The number of esters is 1. The van der Waals surface area contributed by atoms with Crippen LogP contribution in [0.4, 0.5) is 0 Å². The molecule has 0 heterocycles. The number of rotatable bonds is 14. The molecule has 0 bridgehead atoms. The van der Waals surface area contributed by atoms with Crippen LogP contribution in [0.25, 0.3) is 0 Å². The summed E-state index contributed by atoms with van der Waals surface area (Å²) in [7, 11) is 0. The Morgan fingerprint density at radius 1 is 1.29 bits per heavy atom. The summed E-state index contributed by atoms with van der Waals surface area (Å²) >= 11 is 0. The molecular weight excluding hydrogens is 272 g/mol. The highest BCUT2D eigenvalue weighted by molar-refractivity contribution is 5.69. The Balaban J connectivity index is 3.91. The van der Waals surface area contributed by atoms with Crippen molar-refractivity contribution in [2.45, 2.75) is 46.0 Å². The summed E-state index contributed by atoms with van der Waals surface area (Å²) < 4.78 is 5.31. The third-order valence-corrected chi connectivity index (χ3v) is 3.58. The van der Waals surface area contributed by atoms with Crippen molar-refractivity contribution in [3.8, 4) is 0 Å².